The molecule has 0 heterocycles. The number of hydrogen-bond acceptors (Lipinski definition) is 6. The predicted molar refractivity (Wildman–Crippen MR) is 117 cm³/mol. The van der Waals surface area contributed by atoms with Crippen molar-refractivity contribution in [2.75, 3.05) is 19.0 Å². The van der Waals surface area contributed by atoms with E-state index in [-0.39, 0.29) is 16.9 Å². The molecule has 0 bridgehead atoms. The first kappa shape index (κ1) is 21.9. The zero-order valence-electron chi connectivity index (χ0n) is 15.3. The van der Waals surface area contributed by atoms with Crippen LogP contribution in [0.3, 0.4) is 0 Å². The summed E-state index contributed by atoms with van der Waals surface area (Å²) >= 11 is 2.06. The summed E-state index contributed by atoms with van der Waals surface area (Å²) in [6.45, 7) is 3.90. The highest BCUT2D eigenvalue weighted by atomic mass is 127. The van der Waals surface area contributed by atoms with Crippen molar-refractivity contribution in [1.29, 1.82) is 5.26 Å². The van der Waals surface area contributed by atoms with E-state index in [4.69, 9.17) is 9.47 Å². The van der Waals surface area contributed by atoms with Crippen LogP contribution in [0.2, 0.25) is 0 Å². The minimum absolute atomic E-state index is 0.167. The largest absolute Gasteiger partial charge is 0.493 e. The number of carbonyl (C=O) groups excluding carboxylic acids is 1. The van der Waals surface area contributed by atoms with Gasteiger partial charge in [-0.15, -0.1) is 0 Å². The van der Waals surface area contributed by atoms with E-state index in [0.717, 1.165) is 3.57 Å². The van der Waals surface area contributed by atoms with Gasteiger partial charge in [0.15, 0.2) is 11.5 Å². The first-order valence-electron chi connectivity index (χ1n) is 8.18. The highest BCUT2D eigenvalue weighted by Crippen LogP contribution is 2.34. The van der Waals surface area contributed by atoms with Crippen LogP contribution < -0.4 is 14.8 Å². The van der Waals surface area contributed by atoms with Gasteiger partial charge in [-0.2, -0.15) is 5.26 Å². The Morgan fingerprint density at radius 2 is 2.17 bits per heavy atom. The standard InChI is InChI=1S/C20H16IN3O5/c1-3-7-29-19-17(21)9-13(10-18(19)28-2)8-14(12-22)20(25)23-15-5-4-6-16(11-15)24(26)27/h3-6,8-11H,1,7H2,2H3,(H,23,25)/b14-8-. The molecular formula is C20H16IN3O5. The molecule has 0 aliphatic carbocycles. The van der Waals surface area contributed by atoms with Gasteiger partial charge in [-0.1, -0.05) is 18.7 Å². The molecule has 0 saturated heterocycles. The van der Waals surface area contributed by atoms with Gasteiger partial charge in [0.1, 0.15) is 18.2 Å². The maximum atomic E-state index is 12.4. The number of nitrogens with zero attached hydrogens (tertiary/aromatic N) is 2. The molecule has 29 heavy (non-hydrogen) atoms. The normalized spacial score (nSPS) is 10.6. The minimum Gasteiger partial charge on any atom is -0.493 e. The number of non-ortho nitro benzene ring substituents is 1. The number of methoxy groups -OCH3 is 1. The topological polar surface area (TPSA) is 114 Å². The summed E-state index contributed by atoms with van der Waals surface area (Å²) in [5, 5.41) is 22.7. The van der Waals surface area contributed by atoms with Crippen LogP contribution in [0.25, 0.3) is 6.08 Å². The number of rotatable bonds is 8. The van der Waals surface area contributed by atoms with Crippen molar-refractivity contribution in [2.24, 2.45) is 0 Å². The number of ether oxygens (including phenoxy) is 2. The zero-order chi connectivity index (χ0) is 21.4. The van der Waals surface area contributed by atoms with E-state index in [1.165, 1.54) is 37.5 Å². The van der Waals surface area contributed by atoms with E-state index in [2.05, 4.69) is 34.5 Å². The summed E-state index contributed by atoms with van der Waals surface area (Å²) in [5.41, 5.74) is 0.433. The number of nitrogens with one attached hydrogen (secondary N) is 1. The Bertz CT molecular complexity index is 1030. The van der Waals surface area contributed by atoms with Crippen molar-refractivity contribution < 1.29 is 19.2 Å². The van der Waals surface area contributed by atoms with Crippen LogP contribution in [0.15, 0.2) is 54.6 Å². The van der Waals surface area contributed by atoms with E-state index in [1.807, 2.05) is 6.07 Å². The quantitative estimate of drug-likeness (QED) is 0.143. The Kier molecular flexibility index (Phi) is 7.73. The zero-order valence-corrected chi connectivity index (χ0v) is 17.5. The molecule has 0 spiro atoms. The second kappa shape index (κ2) is 10.2. The van der Waals surface area contributed by atoms with E-state index in [1.54, 1.807) is 18.2 Å². The molecule has 1 N–H and O–H groups in total. The molecule has 0 aliphatic heterocycles. The predicted octanol–water partition coefficient (Wildman–Crippen LogP) is 4.32. The number of nitro groups is 1. The maximum Gasteiger partial charge on any atom is 0.271 e. The molecule has 0 aliphatic rings. The van der Waals surface area contributed by atoms with Crippen molar-refractivity contribution in [2.45, 2.75) is 0 Å². The molecule has 2 aromatic rings. The van der Waals surface area contributed by atoms with Crippen molar-refractivity contribution in [1.82, 2.24) is 0 Å². The van der Waals surface area contributed by atoms with Crippen LogP contribution in [0.4, 0.5) is 11.4 Å². The van der Waals surface area contributed by atoms with Crippen molar-refractivity contribution >= 4 is 45.9 Å². The monoisotopic (exact) mass is 505 g/mol. The Morgan fingerprint density at radius 3 is 2.79 bits per heavy atom. The van der Waals surface area contributed by atoms with Gasteiger partial charge in [0.05, 0.1) is 15.6 Å². The summed E-state index contributed by atoms with van der Waals surface area (Å²) in [7, 11) is 1.49. The second-order valence-electron chi connectivity index (χ2n) is 5.57. The van der Waals surface area contributed by atoms with Gasteiger partial charge >= 0.3 is 0 Å². The summed E-state index contributed by atoms with van der Waals surface area (Å²) < 4.78 is 11.6. The number of halogens is 1. The molecule has 0 fully saturated rings. The van der Waals surface area contributed by atoms with Gasteiger partial charge in [-0.25, -0.2) is 0 Å². The Hall–Kier alpha value is -3.39. The fourth-order valence-electron chi connectivity index (χ4n) is 2.32. The lowest BCUT2D eigenvalue weighted by molar-refractivity contribution is -0.384. The van der Waals surface area contributed by atoms with Crippen molar-refractivity contribution in [3.05, 3.63) is 73.9 Å². The Balaban J connectivity index is 2.31. The van der Waals surface area contributed by atoms with Crippen LogP contribution in [-0.4, -0.2) is 24.5 Å². The van der Waals surface area contributed by atoms with Crippen molar-refractivity contribution in [3.8, 4) is 17.6 Å². The lowest BCUT2D eigenvalue weighted by Crippen LogP contribution is -2.13. The average molecular weight is 505 g/mol. The number of anilines is 1. The number of benzene rings is 2. The van der Waals surface area contributed by atoms with Crippen LogP contribution >= 0.6 is 22.6 Å². The van der Waals surface area contributed by atoms with Gasteiger partial charge in [-0.05, 0) is 52.4 Å². The SMILES string of the molecule is C=CCOc1c(I)cc(/C=C(/C#N)C(=O)Nc2cccc([N+](=O)[O-])c2)cc1OC. The molecule has 9 heteroatoms. The summed E-state index contributed by atoms with van der Waals surface area (Å²) in [5.74, 6) is 0.292. The van der Waals surface area contributed by atoms with Gasteiger partial charge < -0.3 is 14.8 Å². The van der Waals surface area contributed by atoms with E-state index < -0.39 is 10.8 Å². The summed E-state index contributed by atoms with van der Waals surface area (Å²) in [6.07, 6.45) is 3.00. The Morgan fingerprint density at radius 1 is 1.41 bits per heavy atom. The van der Waals surface area contributed by atoms with E-state index in [0.29, 0.717) is 23.7 Å². The van der Waals surface area contributed by atoms with Gasteiger partial charge in [0, 0.05) is 17.8 Å². The number of nitro benzene ring substituents is 1. The molecule has 0 aromatic heterocycles. The van der Waals surface area contributed by atoms with Crippen molar-refractivity contribution in [3.63, 3.8) is 0 Å². The molecule has 0 atom stereocenters. The molecule has 0 radical (unpaired) electrons. The molecule has 148 valence electrons. The lowest BCUT2D eigenvalue weighted by Gasteiger charge is -2.12. The van der Waals surface area contributed by atoms with Crippen LogP contribution in [0.5, 0.6) is 11.5 Å². The molecule has 2 aromatic carbocycles. The first-order valence-corrected chi connectivity index (χ1v) is 9.26. The number of nitriles is 1. The molecule has 8 nitrogen and oxygen atoms in total. The first-order chi connectivity index (χ1) is 13.9. The number of carbonyl (C=O) groups is 1. The van der Waals surface area contributed by atoms with Crippen LogP contribution in [0, 0.1) is 25.0 Å². The third-order valence-corrected chi connectivity index (χ3v) is 4.39. The molecule has 1 amide bonds. The lowest BCUT2D eigenvalue weighted by atomic mass is 10.1. The second-order valence-corrected chi connectivity index (χ2v) is 6.73. The van der Waals surface area contributed by atoms with E-state index in [9.17, 15) is 20.2 Å². The number of hydrogen-bond donors (Lipinski definition) is 1. The number of amides is 1. The van der Waals surface area contributed by atoms with Crippen LogP contribution in [0.1, 0.15) is 5.56 Å². The smallest absolute Gasteiger partial charge is 0.271 e. The van der Waals surface area contributed by atoms with Gasteiger partial charge in [-0.3, -0.25) is 14.9 Å². The molecule has 0 saturated carbocycles. The molecule has 2 rings (SSSR count). The van der Waals surface area contributed by atoms with E-state index >= 15 is 0 Å². The third-order valence-electron chi connectivity index (χ3n) is 3.59. The Labute approximate surface area is 180 Å². The maximum absolute atomic E-state index is 12.4. The highest BCUT2D eigenvalue weighted by Gasteiger charge is 2.15. The summed E-state index contributed by atoms with van der Waals surface area (Å²) in [4.78, 5) is 22.7. The average Bonchev–Trinajstić information content (AvgIpc) is 2.70. The molecular weight excluding hydrogens is 489 g/mol. The molecule has 0 unspecified atom stereocenters. The van der Waals surface area contributed by atoms with Gasteiger partial charge in [0.2, 0.25) is 0 Å². The highest BCUT2D eigenvalue weighted by molar-refractivity contribution is 14.1. The third kappa shape index (κ3) is 5.79. The summed E-state index contributed by atoms with van der Waals surface area (Å²) in [6, 6.07) is 10.7. The fourth-order valence-corrected chi connectivity index (χ4v) is 3.10. The van der Waals surface area contributed by atoms with Gasteiger partial charge in [0.25, 0.3) is 11.6 Å². The van der Waals surface area contributed by atoms with Crippen LogP contribution in [-0.2, 0) is 4.79 Å². The minimum atomic E-state index is -0.686. The fraction of sp³-hybridized carbons (Fsp3) is 0.100.